The predicted molar refractivity (Wildman–Crippen MR) is 126 cm³/mol. The van der Waals surface area contributed by atoms with Crippen LogP contribution < -0.4 is 4.90 Å². The van der Waals surface area contributed by atoms with Gasteiger partial charge in [-0.2, -0.15) is 0 Å². The predicted octanol–water partition coefficient (Wildman–Crippen LogP) is 6.24. The molecule has 5 nitrogen and oxygen atoms in total. The maximum Gasteiger partial charge on any atom is 0.300 e. The Kier molecular flexibility index (Phi) is 5.19. The number of benzene rings is 3. The molecule has 0 bridgehead atoms. The Balaban J connectivity index is 1.76. The second kappa shape index (κ2) is 8.06. The van der Waals surface area contributed by atoms with Gasteiger partial charge in [-0.1, -0.05) is 53.5 Å². The largest absolute Gasteiger partial charge is 0.507 e. The van der Waals surface area contributed by atoms with Crippen LogP contribution in [0.25, 0.3) is 16.7 Å². The number of anilines is 1. The van der Waals surface area contributed by atoms with Crippen LogP contribution >= 0.6 is 23.2 Å². The molecule has 33 heavy (non-hydrogen) atoms. The van der Waals surface area contributed by atoms with E-state index in [0.29, 0.717) is 22.2 Å². The van der Waals surface area contributed by atoms with Crippen molar-refractivity contribution in [3.05, 3.63) is 105 Å². The normalized spacial score (nSPS) is 17.8. The molecule has 8 heteroatoms. The van der Waals surface area contributed by atoms with E-state index in [1.54, 1.807) is 24.4 Å². The van der Waals surface area contributed by atoms with Gasteiger partial charge < -0.3 is 10.1 Å². The van der Waals surface area contributed by atoms with E-state index >= 15 is 0 Å². The van der Waals surface area contributed by atoms with Crippen molar-refractivity contribution in [2.75, 3.05) is 4.90 Å². The van der Waals surface area contributed by atoms with Gasteiger partial charge in [0.25, 0.3) is 11.7 Å². The average molecular weight is 481 g/mol. The van der Waals surface area contributed by atoms with Gasteiger partial charge in [0, 0.05) is 28.4 Å². The number of H-pyrrole nitrogens is 1. The van der Waals surface area contributed by atoms with Gasteiger partial charge in [0.1, 0.15) is 11.6 Å². The van der Waals surface area contributed by atoms with Crippen LogP contribution in [-0.2, 0) is 9.59 Å². The van der Waals surface area contributed by atoms with Crippen molar-refractivity contribution in [2.45, 2.75) is 6.04 Å². The minimum atomic E-state index is -1.00. The number of hydrogen-bond donors (Lipinski definition) is 2. The number of hydrogen-bond acceptors (Lipinski definition) is 3. The molecule has 0 aliphatic carbocycles. The van der Waals surface area contributed by atoms with Crippen LogP contribution in [-0.4, -0.2) is 21.8 Å². The summed E-state index contributed by atoms with van der Waals surface area (Å²) in [5.41, 5.74) is 1.80. The summed E-state index contributed by atoms with van der Waals surface area (Å²) >= 11 is 12.2. The smallest absolute Gasteiger partial charge is 0.300 e. The van der Waals surface area contributed by atoms with Gasteiger partial charge in [-0.15, -0.1) is 0 Å². The Hall–Kier alpha value is -3.61. The lowest BCUT2D eigenvalue weighted by Gasteiger charge is -2.25. The van der Waals surface area contributed by atoms with Crippen LogP contribution in [0.3, 0.4) is 0 Å². The highest BCUT2D eigenvalue weighted by Gasteiger charge is 2.47. The molecule has 1 aromatic heterocycles. The molecule has 0 saturated carbocycles. The number of fused-ring (bicyclic) bond motifs is 1. The van der Waals surface area contributed by atoms with Crippen LogP contribution in [0, 0.1) is 5.82 Å². The molecule has 0 spiro atoms. The van der Waals surface area contributed by atoms with E-state index < -0.39 is 23.5 Å². The number of nitrogens with one attached hydrogen (secondary N) is 1. The molecule has 2 N–H and O–H groups in total. The summed E-state index contributed by atoms with van der Waals surface area (Å²) in [7, 11) is 0. The molecule has 5 rings (SSSR count). The molecule has 3 aromatic carbocycles. The van der Waals surface area contributed by atoms with Gasteiger partial charge in [0.15, 0.2) is 0 Å². The standard InChI is InChI=1S/C25H15Cl2FN2O3/c26-18-10-9-15(11-19(18)27)30-22(13-5-7-14(28)8-6-13)21(24(32)25(30)33)23(31)17-12-29-20-4-2-1-3-16(17)20/h1-12,22,29,31H/b23-21-. The first-order valence-corrected chi connectivity index (χ1v) is 10.7. The molecule has 1 aliphatic heterocycles. The minimum Gasteiger partial charge on any atom is -0.507 e. The zero-order valence-corrected chi connectivity index (χ0v) is 18.4. The highest BCUT2D eigenvalue weighted by atomic mass is 35.5. The number of halogens is 3. The number of ketones is 1. The van der Waals surface area contributed by atoms with Crippen LogP contribution in [0.4, 0.5) is 10.1 Å². The fraction of sp³-hybridized carbons (Fsp3) is 0.0400. The second-order valence-corrected chi connectivity index (χ2v) is 8.38. The number of aromatic nitrogens is 1. The second-order valence-electron chi connectivity index (χ2n) is 7.57. The van der Waals surface area contributed by atoms with Crippen molar-refractivity contribution in [1.29, 1.82) is 0 Å². The number of nitrogens with zero attached hydrogens (tertiary/aromatic N) is 1. The molecule has 2 heterocycles. The summed E-state index contributed by atoms with van der Waals surface area (Å²) in [6, 6.07) is 16.2. The van der Waals surface area contributed by atoms with Crippen LogP contribution in [0.2, 0.25) is 10.0 Å². The summed E-state index contributed by atoms with van der Waals surface area (Å²) in [6.45, 7) is 0. The van der Waals surface area contributed by atoms with E-state index in [1.807, 2.05) is 12.1 Å². The third kappa shape index (κ3) is 3.48. The maximum absolute atomic E-state index is 13.7. The molecule has 1 fully saturated rings. The van der Waals surface area contributed by atoms with E-state index in [4.69, 9.17) is 23.2 Å². The summed E-state index contributed by atoms with van der Waals surface area (Å²) in [6.07, 6.45) is 1.58. The fourth-order valence-electron chi connectivity index (χ4n) is 4.11. The first-order chi connectivity index (χ1) is 15.9. The number of rotatable bonds is 3. The highest BCUT2D eigenvalue weighted by molar-refractivity contribution is 6.52. The molecule has 164 valence electrons. The molecular formula is C25H15Cl2FN2O3. The van der Waals surface area contributed by atoms with Crippen molar-refractivity contribution >= 4 is 57.2 Å². The number of aliphatic hydroxyl groups excluding tert-OH is 1. The molecule has 0 radical (unpaired) electrons. The van der Waals surface area contributed by atoms with Gasteiger partial charge in [0.05, 0.1) is 21.7 Å². The van der Waals surface area contributed by atoms with Crippen LogP contribution in [0.1, 0.15) is 17.2 Å². The van der Waals surface area contributed by atoms with E-state index in [9.17, 15) is 19.1 Å². The lowest BCUT2D eigenvalue weighted by molar-refractivity contribution is -0.132. The van der Waals surface area contributed by atoms with Gasteiger partial charge >= 0.3 is 0 Å². The summed E-state index contributed by atoms with van der Waals surface area (Å²) in [5.74, 6) is -2.51. The van der Waals surface area contributed by atoms with Crippen molar-refractivity contribution in [3.63, 3.8) is 0 Å². The zero-order chi connectivity index (χ0) is 23.3. The van der Waals surface area contributed by atoms with Crippen molar-refractivity contribution in [3.8, 4) is 0 Å². The van der Waals surface area contributed by atoms with Crippen LogP contribution in [0.5, 0.6) is 0 Å². The molecule has 4 aromatic rings. The highest BCUT2D eigenvalue weighted by Crippen LogP contribution is 2.44. The van der Waals surface area contributed by atoms with E-state index in [1.165, 1.54) is 41.3 Å². The quantitative estimate of drug-likeness (QED) is 0.207. The van der Waals surface area contributed by atoms with Crippen LogP contribution in [0.15, 0.2) is 78.5 Å². The first-order valence-electron chi connectivity index (χ1n) is 9.95. The van der Waals surface area contributed by atoms with Crippen molar-refractivity contribution < 1.29 is 19.1 Å². The number of carbonyl (C=O) groups excluding carboxylic acids is 2. The molecule has 1 aliphatic rings. The zero-order valence-electron chi connectivity index (χ0n) is 16.9. The van der Waals surface area contributed by atoms with E-state index in [-0.39, 0.29) is 21.4 Å². The SMILES string of the molecule is O=C1C(=O)N(c2ccc(Cl)c(Cl)c2)C(c2ccc(F)cc2)/C1=C(/O)c1c[nH]c2ccccc12. The first kappa shape index (κ1) is 21.2. The maximum atomic E-state index is 13.7. The number of aliphatic hydroxyl groups is 1. The molecule has 1 unspecified atom stereocenters. The topological polar surface area (TPSA) is 73.4 Å². The van der Waals surface area contributed by atoms with Crippen molar-refractivity contribution in [2.24, 2.45) is 0 Å². The molecule has 1 saturated heterocycles. The van der Waals surface area contributed by atoms with Crippen molar-refractivity contribution in [1.82, 2.24) is 4.98 Å². The van der Waals surface area contributed by atoms with Gasteiger partial charge in [0.2, 0.25) is 0 Å². The Morgan fingerprint density at radius 1 is 0.970 bits per heavy atom. The van der Waals surface area contributed by atoms with Gasteiger partial charge in [-0.05, 0) is 42.0 Å². The van der Waals surface area contributed by atoms with Gasteiger partial charge in [-0.3, -0.25) is 14.5 Å². The van der Waals surface area contributed by atoms with E-state index in [0.717, 1.165) is 5.52 Å². The molecule has 1 amide bonds. The average Bonchev–Trinajstić information content (AvgIpc) is 3.35. The Labute approximate surface area is 197 Å². The monoisotopic (exact) mass is 480 g/mol. The number of para-hydroxylation sites is 1. The third-order valence-electron chi connectivity index (χ3n) is 5.66. The summed E-state index contributed by atoms with van der Waals surface area (Å²) in [5, 5.41) is 12.5. The lowest BCUT2D eigenvalue weighted by atomic mass is 9.95. The number of amides is 1. The minimum absolute atomic E-state index is 0.109. The van der Waals surface area contributed by atoms with Gasteiger partial charge in [-0.25, -0.2) is 4.39 Å². The summed E-state index contributed by atoms with van der Waals surface area (Å²) in [4.78, 5) is 30.7. The fourth-order valence-corrected chi connectivity index (χ4v) is 4.40. The Morgan fingerprint density at radius 3 is 2.42 bits per heavy atom. The molecular weight excluding hydrogens is 466 g/mol. The number of Topliss-reactive ketones (excluding diaryl/α,β-unsaturated/α-hetero) is 1. The number of carbonyl (C=O) groups is 2. The summed E-state index contributed by atoms with van der Waals surface area (Å²) < 4.78 is 13.7. The van der Waals surface area contributed by atoms with E-state index in [2.05, 4.69) is 4.98 Å². The Bertz CT molecular complexity index is 1460. The number of aromatic amines is 1. The lowest BCUT2D eigenvalue weighted by Crippen LogP contribution is -2.29. The Morgan fingerprint density at radius 2 is 1.70 bits per heavy atom. The molecule has 1 atom stereocenters. The third-order valence-corrected chi connectivity index (χ3v) is 6.39.